The highest BCUT2D eigenvalue weighted by Gasteiger charge is 2.24. The molecule has 1 aromatic heterocycles. The number of anilines is 1. The Balaban J connectivity index is 1.41. The Labute approximate surface area is 162 Å². The summed E-state index contributed by atoms with van der Waals surface area (Å²) in [5.74, 6) is -0.613. The molecule has 0 unspecified atom stereocenters. The number of nitrogens with one attached hydrogen (secondary N) is 1. The highest BCUT2D eigenvalue weighted by Crippen LogP contribution is 2.22. The van der Waals surface area contributed by atoms with E-state index in [9.17, 15) is 14.4 Å². The molecule has 9 nitrogen and oxygen atoms in total. The van der Waals surface area contributed by atoms with E-state index < -0.39 is 5.91 Å². The number of thiophene rings is 1. The maximum absolute atomic E-state index is 12.4. The third-order valence-corrected chi connectivity index (χ3v) is 5.57. The Hall–Kier alpha value is -2.01. The van der Waals surface area contributed by atoms with Gasteiger partial charge < -0.3 is 20.7 Å². The minimum Gasteiger partial charge on any atom is -0.379 e. The number of ether oxygens (including phenoxy) is 1. The van der Waals surface area contributed by atoms with E-state index in [0.29, 0.717) is 56.5 Å². The number of primary amides is 1. The standard InChI is InChI=1S/C17H25N5O4S/c18-16(25)13-1-10-27-17(13)19-14(23)11-20-2-4-22(5-3-20)15(24)12-21-6-8-26-9-7-21/h1,10H,2-9,11-12H2,(H2,18,25)(H,19,23). The Morgan fingerprint density at radius 2 is 1.70 bits per heavy atom. The van der Waals surface area contributed by atoms with Crippen molar-refractivity contribution in [3.05, 3.63) is 17.0 Å². The Bertz CT molecular complexity index is 681. The number of hydrogen-bond acceptors (Lipinski definition) is 7. The van der Waals surface area contributed by atoms with Crippen molar-refractivity contribution in [2.24, 2.45) is 5.73 Å². The van der Waals surface area contributed by atoms with E-state index in [1.165, 1.54) is 11.3 Å². The molecule has 0 atom stereocenters. The fourth-order valence-electron chi connectivity index (χ4n) is 3.18. The van der Waals surface area contributed by atoms with Gasteiger partial charge in [0.1, 0.15) is 5.00 Å². The van der Waals surface area contributed by atoms with Gasteiger partial charge in [0.2, 0.25) is 11.8 Å². The molecular formula is C17H25N5O4S. The molecule has 0 aliphatic carbocycles. The summed E-state index contributed by atoms with van der Waals surface area (Å²) in [4.78, 5) is 41.9. The van der Waals surface area contributed by atoms with Gasteiger partial charge in [-0.3, -0.25) is 24.2 Å². The molecule has 0 bridgehead atoms. The highest BCUT2D eigenvalue weighted by atomic mass is 32.1. The predicted octanol–water partition coefficient (Wildman–Crippen LogP) is -0.738. The van der Waals surface area contributed by atoms with Gasteiger partial charge in [-0.05, 0) is 11.4 Å². The van der Waals surface area contributed by atoms with Crippen LogP contribution in [0.2, 0.25) is 0 Å². The van der Waals surface area contributed by atoms with Crippen molar-refractivity contribution in [3.8, 4) is 0 Å². The van der Waals surface area contributed by atoms with E-state index in [0.717, 1.165) is 13.1 Å². The molecule has 2 fully saturated rings. The lowest BCUT2D eigenvalue weighted by atomic mass is 10.3. The summed E-state index contributed by atoms with van der Waals surface area (Å²) in [5.41, 5.74) is 5.61. The molecule has 2 saturated heterocycles. The lowest BCUT2D eigenvalue weighted by Crippen LogP contribution is -2.53. The minimum atomic E-state index is -0.557. The average Bonchev–Trinajstić information content (AvgIpc) is 3.11. The molecule has 148 valence electrons. The quantitative estimate of drug-likeness (QED) is 0.657. The van der Waals surface area contributed by atoms with E-state index in [4.69, 9.17) is 10.5 Å². The Kier molecular flexibility index (Phi) is 6.78. The maximum Gasteiger partial charge on any atom is 0.251 e. The van der Waals surface area contributed by atoms with Gasteiger partial charge >= 0.3 is 0 Å². The lowest BCUT2D eigenvalue weighted by Gasteiger charge is -2.36. The molecule has 3 N–H and O–H groups in total. The van der Waals surface area contributed by atoms with Crippen LogP contribution >= 0.6 is 11.3 Å². The number of nitrogens with zero attached hydrogens (tertiary/aromatic N) is 3. The van der Waals surface area contributed by atoms with Crippen molar-refractivity contribution < 1.29 is 19.1 Å². The van der Waals surface area contributed by atoms with E-state index >= 15 is 0 Å². The zero-order valence-corrected chi connectivity index (χ0v) is 16.0. The molecule has 3 heterocycles. The van der Waals surface area contributed by atoms with Crippen LogP contribution in [0.3, 0.4) is 0 Å². The highest BCUT2D eigenvalue weighted by molar-refractivity contribution is 7.14. The molecule has 0 spiro atoms. The molecule has 3 amide bonds. The molecule has 0 radical (unpaired) electrons. The number of nitrogens with two attached hydrogens (primary N) is 1. The summed E-state index contributed by atoms with van der Waals surface area (Å²) >= 11 is 1.27. The number of amides is 3. The second kappa shape index (κ2) is 9.27. The zero-order valence-electron chi connectivity index (χ0n) is 15.2. The van der Waals surface area contributed by atoms with Crippen molar-refractivity contribution >= 4 is 34.1 Å². The van der Waals surface area contributed by atoms with Gasteiger partial charge in [0.05, 0.1) is 31.9 Å². The number of piperazine rings is 1. The fraction of sp³-hybridized carbons (Fsp3) is 0.588. The van der Waals surface area contributed by atoms with Crippen molar-refractivity contribution in [3.63, 3.8) is 0 Å². The molecule has 1 aromatic rings. The largest absolute Gasteiger partial charge is 0.379 e. The van der Waals surface area contributed by atoms with E-state index in [1.54, 1.807) is 11.4 Å². The number of morpholine rings is 1. The summed E-state index contributed by atoms with van der Waals surface area (Å²) in [6, 6.07) is 1.60. The van der Waals surface area contributed by atoms with Crippen LogP contribution < -0.4 is 11.1 Å². The Morgan fingerprint density at radius 1 is 1.04 bits per heavy atom. The number of hydrogen-bond donors (Lipinski definition) is 2. The molecular weight excluding hydrogens is 370 g/mol. The summed E-state index contributed by atoms with van der Waals surface area (Å²) in [7, 11) is 0. The summed E-state index contributed by atoms with van der Waals surface area (Å²) in [6.45, 7) is 6.12. The molecule has 0 aromatic carbocycles. The first-order chi connectivity index (χ1) is 13.0. The van der Waals surface area contributed by atoms with Crippen LogP contribution in [-0.4, -0.2) is 98.0 Å². The van der Waals surface area contributed by atoms with Gasteiger partial charge in [-0.25, -0.2) is 0 Å². The van der Waals surface area contributed by atoms with Crippen LogP contribution in [0.4, 0.5) is 5.00 Å². The van der Waals surface area contributed by atoms with Gasteiger partial charge in [-0.1, -0.05) is 0 Å². The average molecular weight is 395 g/mol. The monoisotopic (exact) mass is 395 g/mol. The molecule has 3 rings (SSSR count). The predicted molar refractivity (Wildman–Crippen MR) is 102 cm³/mol. The fourth-order valence-corrected chi connectivity index (χ4v) is 3.98. The molecule has 10 heteroatoms. The normalized spacial score (nSPS) is 19.0. The third-order valence-electron chi connectivity index (χ3n) is 4.74. The zero-order chi connectivity index (χ0) is 19.2. The van der Waals surface area contributed by atoms with Crippen LogP contribution in [0.25, 0.3) is 0 Å². The Morgan fingerprint density at radius 3 is 2.37 bits per heavy atom. The van der Waals surface area contributed by atoms with Crippen molar-refractivity contribution in [1.29, 1.82) is 0 Å². The first-order valence-corrected chi connectivity index (χ1v) is 9.88. The van der Waals surface area contributed by atoms with Crippen LogP contribution in [0.5, 0.6) is 0 Å². The van der Waals surface area contributed by atoms with Crippen molar-refractivity contribution in [1.82, 2.24) is 14.7 Å². The van der Waals surface area contributed by atoms with E-state index in [2.05, 4.69) is 10.2 Å². The number of rotatable bonds is 6. The SMILES string of the molecule is NC(=O)c1ccsc1NC(=O)CN1CCN(C(=O)CN2CCOCC2)CC1. The van der Waals surface area contributed by atoms with Crippen molar-refractivity contribution in [2.75, 3.05) is 70.9 Å². The second-order valence-corrected chi connectivity index (χ2v) is 7.54. The van der Waals surface area contributed by atoms with Gasteiger partial charge in [0.25, 0.3) is 5.91 Å². The number of carbonyl (C=O) groups excluding carboxylic acids is 3. The first kappa shape index (κ1) is 19.7. The van der Waals surface area contributed by atoms with E-state index in [-0.39, 0.29) is 18.4 Å². The van der Waals surface area contributed by atoms with Gasteiger partial charge in [0.15, 0.2) is 0 Å². The van der Waals surface area contributed by atoms with Crippen LogP contribution in [0.1, 0.15) is 10.4 Å². The second-order valence-electron chi connectivity index (χ2n) is 6.62. The first-order valence-electron chi connectivity index (χ1n) is 9.00. The topological polar surface area (TPSA) is 108 Å². The lowest BCUT2D eigenvalue weighted by molar-refractivity contribution is -0.135. The minimum absolute atomic E-state index is 0.130. The molecule has 27 heavy (non-hydrogen) atoms. The summed E-state index contributed by atoms with van der Waals surface area (Å²) in [6.07, 6.45) is 0. The summed E-state index contributed by atoms with van der Waals surface area (Å²) in [5, 5.41) is 4.94. The van der Waals surface area contributed by atoms with Gasteiger partial charge in [0, 0.05) is 39.3 Å². The summed E-state index contributed by atoms with van der Waals surface area (Å²) < 4.78 is 5.30. The molecule has 2 aliphatic heterocycles. The van der Waals surface area contributed by atoms with Gasteiger partial charge in [-0.15, -0.1) is 11.3 Å². The van der Waals surface area contributed by atoms with Crippen LogP contribution in [0, 0.1) is 0 Å². The molecule has 2 aliphatic rings. The van der Waals surface area contributed by atoms with E-state index in [1.807, 2.05) is 9.80 Å². The molecule has 0 saturated carbocycles. The smallest absolute Gasteiger partial charge is 0.251 e. The van der Waals surface area contributed by atoms with Crippen LogP contribution in [0.15, 0.2) is 11.4 Å². The maximum atomic E-state index is 12.4. The third kappa shape index (κ3) is 5.48. The van der Waals surface area contributed by atoms with Gasteiger partial charge in [-0.2, -0.15) is 0 Å². The van der Waals surface area contributed by atoms with Crippen LogP contribution in [-0.2, 0) is 14.3 Å². The van der Waals surface area contributed by atoms with Crippen molar-refractivity contribution in [2.45, 2.75) is 0 Å². The number of carbonyl (C=O) groups is 3.